The fourth-order valence-electron chi connectivity index (χ4n) is 2.26. The molecular formula is C16H13N5S. The highest BCUT2D eigenvalue weighted by Gasteiger charge is 2.09. The average molecular weight is 307 g/mol. The molecule has 22 heavy (non-hydrogen) atoms. The van der Waals surface area contributed by atoms with Crippen molar-refractivity contribution in [2.24, 2.45) is 0 Å². The van der Waals surface area contributed by atoms with Gasteiger partial charge in [0.15, 0.2) is 11.5 Å². The number of hydrogen-bond acceptors (Lipinski definition) is 5. The highest BCUT2D eigenvalue weighted by molar-refractivity contribution is 7.08. The summed E-state index contributed by atoms with van der Waals surface area (Å²) in [5.41, 5.74) is 10.2. The smallest absolute Gasteiger partial charge is 0.181 e. The third-order valence-electron chi connectivity index (χ3n) is 3.37. The number of nitrogens with zero attached hydrogens (tertiary/aromatic N) is 3. The summed E-state index contributed by atoms with van der Waals surface area (Å²) in [6.45, 7) is 0. The predicted molar refractivity (Wildman–Crippen MR) is 90.4 cm³/mol. The maximum absolute atomic E-state index is 5.71. The molecule has 0 unspecified atom stereocenters. The summed E-state index contributed by atoms with van der Waals surface area (Å²) < 4.78 is 1.97. The Morgan fingerprint density at radius 3 is 2.77 bits per heavy atom. The number of rotatable bonds is 3. The van der Waals surface area contributed by atoms with Crippen LogP contribution in [0.15, 0.2) is 59.7 Å². The van der Waals surface area contributed by atoms with Crippen LogP contribution in [-0.2, 0) is 0 Å². The largest absolute Gasteiger partial charge is 0.399 e. The standard InChI is InChI=1S/C16H13N5S/c17-12-1-3-13(4-2-12)19-15-16-20-14(11-5-8-22-10-11)9-21(16)7-6-18-15/h1-10H,17H2,(H,18,19). The van der Waals surface area contributed by atoms with Crippen LogP contribution in [0.5, 0.6) is 0 Å². The van der Waals surface area contributed by atoms with Crippen LogP contribution in [0.2, 0.25) is 0 Å². The van der Waals surface area contributed by atoms with E-state index in [0.29, 0.717) is 5.82 Å². The van der Waals surface area contributed by atoms with E-state index in [9.17, 15) is 0 Å². The maximum atomic E-state index is 5.71. The molecule has 108 valence electrons. The first-order valence-electron chi connectivity index (χ1n) is 6.78. The van der Waals surface area contributed by atoms with E-state index < -0.39 is 0 Å². The molecule has 0 aliphatic rings. The van der Waals surface area contributed by atoms with E-state index in [2.05, 4.69) is 26.7 Å². The number of benzene rings is 1. The highest BCUT2D eigenvalue weighted by Crippen LogP contribution is 2.25. The number of nitrogen functional groups attached to an aromatic ring is 1. The Morgan fingerprint density at radius 2 is 2.00 bits per heavy atom. The second-order valence-corrected chi connectivity index (χ2v) is 5.67. The summed E-state index contributed by atoms with van der Waals surface area (Å²) in [7, 11) is 0. The predicted octanol–water partition coefficient (Wildman–Crippen LogP) is 3.78. The lowest BCUT2D eigenvalue weighted by Crippen LogP contribution is -1.97. The first-order valence-corrected chi connectivity index (χ1v) is 7.73. The van der Waals surface area contributed by atoms with Gasteiger partial charge in [0.05, 0.1) is 5.69 Å². The topological polar surface area (TPSA) is 68.2 Å². The molecule has 4 aromatic rings. The number of nitrogens with two attached hydrogens (primary N) is 1. The van der Waals surface area contributed by atoms with Crippen molar-refractivity contribution in [3.63, 3.8) is 0 Å². The fourth-order valence-corrected chi connectivity index (χ4v) is 2.91. The lowest BCUT2D eigenvalue weighted by atomic mass is 10.3. The molecule has 0 saturated heterocycles. The van der Waals surface area contributed by atoms with E-state index in [4.69, 9.17) is 5.73 Å². The van der Waals surface area contributed by atoms with Crippen molar-refractivity contribution in [3.8, 4) is 11.3 Å². The monoisotopic (exact) mass is 307 g/mol. The Labute approximate surface area is 131 Å². The molecule has 6 heteroatoms. The number of anilines is 3. The van der Waals surface area contributed by atoms with Gasteiger partial charge in [-0.3, -0.25) is 0 Å². The summed E-state index contributed by atoms with van der Waals surface area (Å²) in [6.07, 6.45) is 5.66. The van der Waals surface area contributed by atoms with Crippen LogP contribution < -0.4 is 11.1 Å². The molecule has 5 nitrogen and oxygen atoms in total. The van der Waals surface area contributed by atoms with Crippen molar-refractivity contribution in [2.45, 2.75) is 0 Å². The van der Waals surface area contributed by atoms with Gasteiger partial charge in [-0.25, -0.2) is 9.97 Å². The third-order valence-corrected chi connectivity index (χ3v) is 4.05. The zero-order chi connectivity index (χ0) is 14.9. The zero-order valence-corrected chi connectivity index (χ0v) is 12.4. The number of thiophene rings is 1. The van der Waals surface area contributed by atoms with E-state index >= 15 is 0 Å². The van der Waals surface area contributed by atoms with Gasteiger partial charge < -0.3 is 15.5 Å². The Hall–Kier alpha value is -2.86. The molecule has 3 N–H and O–H groups in total. The van der Waals surface area contributed by atoms with Crippen LogP contribution in [0.1, 0.15) is 0 Å². The molecule has 0 atom stereocenters. The summed E-state index contributed by atoms with van der Waals surface area (Å²) in [5, 5.41) is 7.42. The molecule has 0 aliphatic carbocycles. The van der Waals surface area contributed by atoms with E-state index in [1.54, 1.807) is 17.5 Å². The second-order valence-electron chi connectivity index (χ2n) is 4.89. The number of aromatic nitrogens is 3. The van der Waals surface area contributed by atoms with Gasteiger partial charge in [0.2, 0.25) is 0 Å². The summed E-state index contributed by atoms with van der Waals surface area (Å²) >= 11 is 1.66. The Morgan fingerprint density at radius 1 is 1.14 bits per heavy atom. The van der Waals surface area contributed by atoms with Crippen molar-refractivity contribution in [1.29, 1.82) is 0 Å². The molecule has 0 bridgehead atoms. The second kappa shape index (κ2) is 5.16. The van der Waals surface area contributed by atoms with E-state index in [1.165, 1.54) is 0 Å². The SMILES string of the molecule is Nc1ccc(Nc2nccn3cc(-c4ccsc4)nc23)cc1. The van der Waals surface area contributed by atoms with Crippen LogP contribution >= 0.6 is 11.3 Å². The van der Waals surface area contributed by atoms with Gasteiger partial charge in [-0.05, 0) is 35.7 Å². The first kappa shape index (κ1) is 12.8. The minimum absolute atomic E-state index is 0.716. The van der Waals surface area contributed by atoms with Crippen molar-refractivity contribution < 1.29 is 0 Å². The third kappa shape index (κ3) is 2.29. The molecule has 0 fully saturated rings. The van der Waals surface area contributed by atoms with Gasteiger partial charge in [-0.2, -0.15) is 11.3 Å². The van der Waals surface area contributed by atoms with Crippen LogP contribution in [0.4, 0.5) is 17.2 Å². The van der Waals surface area contributed by atoms with Crippen LogP contribution in [0.3, 0.4) is 0 Å². The molecular weight excluding hydrogens is 294 g/mol. The average Bonchev–Trinajstić information content (AvgIpc) is 3.18. The molecule has 0 aliphatic heterocycles. The molecule has 0 saturated carbocycles. The van der Waals surface area contributed by atoms with Gasteiger partial charge in [-0.1, -0.05) is 0 Å². The normalized spacial score (nSPS) is 10.9. The maximum Gasteiger partial charge on any atom is 0.181 e. The Kier molecular flexibility index (Phi) is 3.01. The summed E-state index contributed by atoms with van der Waals surface area (Å²) in [4.78, 5) is 9.08. The van der Waals surface area contributed by atoms with Gasteiger partial charge in [0, 0.05) is 40.9 Å². The van der Waals surface area contributed by atoms with Crippen molar-refractivity contribution in [1.82, 2.24) is 14.4 Å². The van der Waals surface area contributed by atoms with E-state index in [1.807, 2.05) is 46.4 Å². The fraction of sp³-hybridized carbons (Fsp3) is 0. The molecule has 3 aromatic heterocycles. The van der Waals surface area contributed by atoms with Gasteiger partial charge in [0.1, 0.15) is 0 Å². The van der Waals surface area contributed by atoms with Crippen LogP contribution in [-0.4, -0.2) is 14.4 Å². The van der Waals surface area contributed by atoms with Gasteiger partial charge >= 0.3 is 0 Å². The lowest BCUT2D eigenvalue weighted by molar-refractivity contribution is 1.13. The minimum atomic E-state index is 0.716. The quantitative estimate of drug-likeness (QED) is 0.565. The molecule has 0 radical (unpaired) electrons. The van der Waals surface area contributed by atoms with E-state index in [0.717, 1.165) is 28.3 Å². The van der Waals surface area contributed by atoms with Gasteiger partial charge in [0.25, 0.3) is 0 Å². The molecule has 3 heterocycles. The Balaban J connectivity index is 1.76. The molecule has 4 rings (SSSR count). The Bertz CT molecular complexity index is 910. The minimum Gasteiger partial charge on any atom is -0.399 e. The lowest BCUT2D eigenvalue weighted by Gasteiger charge is -2.06. The van der Waals surface area contributed by atoms with Crippen LogP contribution in [0.25, 0.3) is 16.9 Å². The van der Waals surface area contributed by atoms with Crippen LogP contribution in [0, 0.1) is 0 Å². The zero-order valence-electron chi connectivity index (χ0n) is 11.6. The summed E-state index contributed by atoms with van der Waals surface area (Å²) in [6, 6.07) is 9.61. The molecule has 0 amide bonds. The molecule has 1 aromatic carbocycles. The number of nitrogens with one attached hydrogen (secondary N) is 1. The number of fused-ring (bicyclic) bond motifs is 1. The molecule has 0 spiro atoms. The van der Waals surface area contributed by atoms with E-state index in [-0.39, 0.29) is 0 Å². The van der Waals surface area contributed by atoms with Crippen molar-refractivity contribution in [3.05, 3.63) is 59.7 Å². The first-order chi connectivity index (χ1) is 10.8. The number of imidazole rings is 1. The van der Waals surface area contributed by atoms with Crippen molar-refractivity contribution in [2.75, 3.05) is 11.1 Å². The highest BCUT2D eigenvalue weighted by atomic mass is 32.1. The summed E-state index contributed by atoms with van der Waals surface area (Å²) in [5.74, 6) is 0.716. The number of hydrogen-bond donors (Lipinski definition) is 2. The van der Waals surface area contributed by atoms with Crippen molar-refractivity contribution >= 4 is 34.2 Å². The van der Waals surface area contributed by atoms with Gasteiger partial charge in [-0.15, -0.1) is 0 Å².